The van der Waals surface area contributed by atoms with Crippen molar-refractivity contribution in [1.82, 2.24) is 5.32 Å². The van der Waals surface area contributed by atoms with Gasteiger partial charge >= 0.3 is 6.09 Å². The molecule has 1 aromatic rings. The smallest absolute Gasteiger partial charge is 0.407 e. The Morgan fingerprint density at radius 2 is 2.10 bits per heavy atom. The first-order valence-corrected chi connectivity index (χ1v) is 6.73. The second kappa shape index (κ2) is 7.29. The van der Waals surface area contributed by atoms with E-state index in [4.69, 9.17) is 16.3 Å². The fourth-order valence-corrected chi connectivity index (χ4v) is 1.69. The molecule has 5 heteroatoms. The van der Waals surface area contributed by atoms with Crippen LogP contribution >= 0.6 is 11.6 Å². The largest absolute Gasteiger partial charge is 0.444 e. The Hall–Kier alpha value is -1.55. The van der Waals surface area contributed by atoms with Gasteiger partial charge < -0.3 is 10.1 Å². The molecule has 1 N–H and O–H groups in total. The second-order valence-corrected chi connectivity index (χ2v) is 5.76. The molecule has 0 saturated heterocycles. The van der Waals surface area contributed by atoms with Crippen LogP contribution in [0.2, 0.25) is 5.02 Å². The van der Waals surface area contributed by atoms with Gasteiger partial charge in [0.1, 0.15) is 11.4 Å². The summed E-state index contributed by atoms with van der Waals surface area (Å²) in [5, 5.41) is 2.99. The lowest BCUT2D eigenvalue weighted by molar-refractivity contribution is 0.0529. The fraction of sp³-hybridized carbons (Fsp3) is 0.400. The Morgan fingerprint density at radius 3 is 2.70 bits per heavy atom. The normalized spacial score (nSPS) is 11.7. The molecule has 0 spiro atoms. The SMILES string of the molecule is CC(C)(C)OC(=O)NCCC=Cc1cc(F)cc(Cl)c1. The zero-order valence-electron chi connectivity index (χ0n) is 11.9. The van der Waals surface area contributed by atoms with E-state index in [2.05, 4.69) is 5.32 Å². The molecule has 0 heterocycles. The van der Waals surface area contributed by atoms with E-state index in [1.54, 1.807) is 32.9 Å². The van der Waals surface area contributed by atoms with Crippen LogP contribution in [0.4, 0.5) is 9.18 Å². The van der Waals surface area contributed by atoms with Gasteiger partial charge in [0.05, 0.1) is 0 Å². The molecule has 0 bridgehead atoms. The number of halogens is 2. The summed E-state index contributed by atoms with van der Waals surface area (Å²) < 4.78 is 18.2. The number of amides is 1. The standard InChI is InChI=1S/C15H19ClFNO2/c1-15(2,3)20-14(19)18-7-5-4-6-11-8-12(16)10-13(17)9-11/h4,6,8-10H,5,7H2,1-3H3,(H,18,19). The van der Waals surface area contributed by atoms with Crippen LogP contribution in [0, 0.1) is 5.82 Å². The third-order valence-corrected chi connectivity index (χ3v) is 2.39. The summed E-state index contributed by atoms with van der Waals surface area (Å²) in [6.45, 7) is 5.87. The maximum atomic E-state index is 13.1. The molecule has 20 heavy (non-hydrogen) atoms. The van der Waals surface area contributed by atoms with E-state index in [1.165, 1.54) is 12.1 Å². The van der Waals surface area contributed by atoms with Gasteiger partial charge in [-0.3, -0.25) is 0 Å². The molecule has 0 aromatic heterocycles. The van der Waals surface area contributed by atoms with Gasteiger partial charge in [-0.15, -0.1) is 0 Å². The molecule has 0 aliphatic carbocycles. The van der Waals surface area contributed by atoms with Crippen LogP contribution in [-0.2, 0) is 4.74 Å². The van der Waals surface area contributed by atoms with E-state index in [-0.39, 0.29) is 5.82 Å². The summed E-state index contributed by atoms with van der Waals surface area (Å²) in [5.41, 5.74) is 0.186. The molecule has 1 aromatic carbocycles. The molecule has 0 atom stereocenters. The van der Waals surface area contributed by atoms with E-state index in [0.717, 1.165) is 0 Å². The van der Waals surface area contributed by atoms with Crippen LogP contribution in [-0.4, -0.2) is 18.2 Å². The molecule has 1 amide bonds. The Morgan fingerprint density at radius 1 is 1.40 bits per heavy atom. The molecule has 0 saturated carbocycles. The molecule has 0 fully saturated rings. The van der Waals surface area contributed by atoms with Gasteiger partial charge in [0.2, 0.25) is 0 Å². The van der Waals surface area contributed by atoms with Gasteiger partial charge in [0, 0.05) is 11.6 Å². The average Bonchev–Trinajstić information content (AvgIpc) is 2.24. The number of carbonyl (C=O) groups excluding carboxylic acids is 1. The number of nitrogens with one attached hydrogen (secondary N) is 1. The molecule has 0 unspecified atom stereocenters. The summed E-state index contributed by atoms with van der Waals surface area (Å²) in [6, 6.07) is 4.31. The first-order chi connectivity index (χ1) is 9.26. The van der Waals surface area contributed by atoms with Crippen LogP contribution < -0.4 is 5.32 Å². The fourth-order valence-electron chi connectivity index (χ4n) is 1.46. The topological polar surface area (TPSA) is 38.3 Å². The minimum atomic E-state index is -0.502. The van der Waals surface area contributed by atoms with Crippen molar-refractivity contribution in [3.63, 3.8) is 0 Å². The molecule has 110 valence electrons. The predicted octanol–water partition coefficient (Wildman–Crippen LogP) is 4.41. The summed E-state index contributed by atoms with van der Waals surface area (Å²) in [5.74, 6) is -0.371. The van der Waals surface area contributed by atoms with Crippen molar-refractivity contribution in [2.75, 3.05) is 6.54 Å². The number of ether oxygens (including phenoxy) is 1. The molecule has 3 nitrogen and oxygen atoms in total. The van der Waals surface area contributed by atoms with Crippen molar-refractivity contribution in [2.24, 2.45) is 0 Å². The van der Waals surface area contributed by atoms with Gasteiger partial charge in [-0.05, 0) is 51.0 Å². The highest BCUT2D eigenvalue weighted by atomic mass is 35.5. The predicted molar refractivity (Wildman–Crippen MR) is 79.3 cm³/mol. The van der Waals surface area contributed by atoms with Crippen LogP contribution in [0.5, 0.6) is 0 Å². The number of carbonyl (C=O) groups is 1. The van der Waals surface area contributed by atoms with Crippen molar-refractivity contribution in [2.45, 2.75) is 32.8 Å². The zero-order valence-corrected chi connectivity index (χ0v) is 12.6. The van der Waals surface area contributed by atoms with Crippen molar-refractivity contribution in [1.29, 1.82) is 0 Å². The zero-order chi connectivity index (χ0) is 15.2. The number of hydrogen-bond donors (Lipinski definition) is 1. The summed E-state index contributed by atoms with van der Waals surface area (Å²) >= 11 is 5.75. The second-order valence-electron chi connectivity index (χ2n) is 5.32. The Bertz CT molecular complexity index is 475. The number of alkyl carbamates (subject to hydrolysis) is 1. The van der Waals surface area contributed by atoms with Crippen molar-refractivity contribution in [3.8, 4) is 0 Å². The summed E-state index contributed by atoms with van der Waals surface area (Å²) in [4.78, 5) is 11.4. The molecule has 1 rings (SSSR count). The van der Waals surface area contributed by atoms with Crippen molar-refractivity contribution in [3.05, 3.63) is 40.7 Å². The number of rotatable bonds is 4. The number of benzene rings is 1. The highest BCUT2D eigenvalue weighted by Gasteiger charge is 2.15. The van der Waals surface area contributed by atoms with E-state index >= 15 is 0 Å². The van der Waals surface area contributed by atoms with Gasteiger partial charge in [-0.1, -0.05) is 23.8 Å². The summed E-state index contributed by atoms with van der Waals surface area (Å²) in [6.07, 6.45) is 3.77. The van der Waals surface area contributed by atoms with Gasteiger partial charge in [-0.2, -0.15) is 0 Å². The lowest BCUT2D eigenvalue weighted by atomic mass is 10.2. The Balaban J connectivity index is 2.34. The van der Waals surface area contributed by atoms with Gasteiger partial charge in [0.15, 0.2) is 0 Å². The van der Waals surface area contributed by atoms with Gasteiger partial charge in [0.25, 0.3) is 0 Å². The number of hydrogen-bond acceptors (Lipinski definition) is 2. The molecular formula is C15H19ClFNO2. The molecular weight excluding hydrogens is 281 g/mol. The van der Waals surface area contributed by atoms with E-state index in [1.807, 2.05) is 6.08 Å². The Labute approximate surface area is 123 Å². The third kappa shape index (κ3) is 7.14. The highest BCUT2D eigenvalue weighted by molar-refractivity contribution is 6.30. The lowest BCUT2D eigenvalue weighted by Gasteiger charge is -2.19. The quantitative estimate of drug-likeness (QED) is 0.836. The van der Waals surface area contributed by atoms with Crippen molar-refractivity contribution < 1.29 is 13.9 Å². The van der Waals surface area contributed by atoms with Crippen LogP contribution in [0.25, 0.3) is 6.08 Å². The minimum Gasteiger partial charge on any atom is -0.444 e. The van der Waals surface area contributed by atoms with E-state index < -0.39 is 11.7 Å². The Kier molecular flexibility index (Phi) is 6.02. The van der Waals surface area contributed by atoms with Crippen LogP contribution in [0.1, 0.15) is 32.8 Å². The maximum absolute atomic E-state index is 13.1. The van der Waals surface area contributed by atoms with Crippen LogP contribution in [0.3, 0.4) is 0 Å². The molecule has 0 aliphatic rings. The molecule has 0 radical (unpaired) electrons. The molecule has 0 aliphatic heterocycles. The first-order valence-electron chi connectivity index (χ1n) is 6.36. The maximum Gasteiger partial charge on any atom is 0.407 e. The van der Waals surface area contributed by atoms with Gasteiger partial charge in [-0.25, -0.2) is 9.18 Å². The minimum absolute atomic E-state index is 0.358. The highest BCUT2D eigenvalue weighted by Crippen LogP contribution is 2.15. The first kappa shape index (κ1) is 16.5. The third-order valence-electron chi connectivity index (χ3n) is 2.17. The van der Waals surface area contributed by atoms with E-state index in [0.29, 0.717) is 23.6 Å². The lowest BCUT2D eigenvalue weighted by Crippen LogP contribution is -2.32. The van der Waals surface area contributed by atoms with Crippen molar-refractivity contribution >= 4 is 23.8 Å². The van der Waals surface area contributed by atoms with E-state index in [9.17, 15) is 9.18 Å². The average molecular weight is 300 g/mol. The summed E-state index contributed by atoms with van der Waals surface area (Å²) in [7, 11) is 0. The monoisotopic (exact) mass is 299 g/mol. The van der Waals surface area contributed by atoms with Crippen LogP contribution in [0.15, 0.2) is 24.3 Å².